The first-order valence-electron chi connectivity index (χ1n) is 7.12. The number of hydrogen-bond acceptors (Lipinski definition) is 2. The van der Waals surface area contributed by atoms with Crippen molar-refractivity contribution >= 4 is 11.6 Å². The maximum atomic E-state index is 13.0. The Morgan fingerprint density at radius 1 is 1.33 bits per heavy atom. The van der Waals surface area contributed by atoms with Crippen molar-refractivity contribution in [2.45, 2.75) is 39.2 Å². The van der Waals surface area contributed by atoms with Gasteiger partial charge in [0.05, 0.1) is 18.2 Å². The summed E-state index contributed by atoms with van der Waals surface area (Å²) in [5, 5.41) is 0. The molecule has 1 amide bonds. The Labute approximate surface area is 122 Å². The Morgan fingerprint density at radius 3 is 2.62 bits per heavy atom. The van der Waals surface area contributed by atoms with Gasteiger partial charge < -0.3 is 9.64 Å². The average molecular weight is 295 g/mol. The standard InChI is InChI=1S/C16H19F2NO2/c1-15(2)9-19(11-6-4-5-7-12(11)21-15)13(20)10-8-16(10,3)14(17)18/h4-7,10,14H,8-9H2,1-3H3. The summed E-state index contributed by atoms with van der Waals surface area (Å²) in [5.74, 6) is -0.192. The van der Waals surface area contributed by atoms with Crippen molar-refractivity contribution in [3.63, 3.8) is 0 Å². The van der Waals surface area contributed by atoms with Crippen LogP contribution in [0.25, 0.3) is 0 Å². The minimum absolute atomic E-state index is 0.221. The number of benzene rings is 1. The van der Waals surface area contributed by atoms with Crippen molar-refractivity contribution < 1.29 is 18.3 Å². The van der Waals surface area contributed by atoms with Crippen LogP contribution in [0.15, 0.2) is 24.3 Å². The molecule has 0 spiro atoms. The molecule has 1 fully saturated rings. The third-order valence-electron chi connectivity index (χ3n) is 4.42. The second-order valence-corrected chi connectivity index (χ2v) is 6.82. The summed E-state index contributed by atoms with van der Waals surface area (Å²) in [7, 11) is 0. The maximum absolute atomic E-state index is 13.0. The molecule has 2 aliphatic rings. The molecule has 3 nitrogen and oxygen atoms in total. The van der Waals surface area contributed by atoms with Crippen LogP contribution in [0, 0.1) is 11.3 Å². The van der Waals surface area contributed by atoms with Gasteiger partial charge in [-0.25, -0.2) is 8.78 Å². The lowest BCUT2D eigenvalue weighted by Gasteiger charge is -2.40. The van der Waals surface area contributed by atoms with E-state index in [-0.39, 0.29) is 12.3 Å². The van der Waals surface area contributed by atoms with Crippen molar-refractivity contribution in [1.82, 2.24) is 0 Å². The minimum atomic E-state index is -2.46. The largest absolute Gasteiger partial charge is 0.484 e. The fraction of sp³-hybridized carbons (Fsp3) is 0.562. The van der Waals surface area contributed by atoms with E-state index in [1.165, 1.54) is 6.92 Å². The van der Waals surface area contributed by atoms with E-state index in [2.05, 4.69) is 0 Å². The summed E-state index contributed by atoms with van der Waals surface area (Å²) in [6.07, 6.45) is -2.21. The smallest absolute Gasteiger partial charge is 0.244 e. The number of amides is 1. The van der Waals surface area contributed by atoms with E-state index in [9.17, 15) is 13.6 Å². The zero-order valence-electron chi connectivity index (χ0n) is 12.4. The zero-order valence-corrected chi connectivity index (χ0v) is 12.4. The Balaban J connectivity index is 1.91. The van der Waals surface area contributed by atoms with Gasteiger partial charge in [-0.1, -0.05) is 19.1 Å². The van der Waals surface area contributed by atoms with Crippen LogP contribution >= 0.6 is 0 Å². The highest BCUT2D eigenvalue weighted by atomic mass is 19.3. The van der Waals surface area contributed by atoms with Gasteiger partial charge in [0.2, 0.25) is 12.3 Å². The van der Waals surface area contributed by atoms with Crippen molar-refractivity contribution in [2.75, 3.05) is 11.4 Å². The molecule has 1 saturated carbocycles. The molecule has 1 heterocycles. The van der Waals surface area contributed by atoms with Gasteiger partial charge in [-0.3, -0.25) is 4.79 Å². The molecule has 3 rings (SSSR count). The molecule has 0 aromatic heterocycles. The van der Waals surface area contributed by atoms with E-state index in [1.54, 1.807) is 17.0 Å². The number of ether oxygens (including phenoxy) is 1. The van der Waals surface area contributed by atoms with Crippen LogP contribution in [0.1, 0.15) is 27.2 Å². The van der Waals surface area contributed by atoms with Crippen LogP contribution in [-0.4, -0.2) is 24.5 Å². The average Bonchev–Trinajstić information content (AvgIpc) is 3.10. The van der Waals surface area contributed by atoms with Crippen LogP contribution in [0.3, 0.4) is 0 Å². The Kier molecular flexibility index (Phi) is 3.01. The number of rotatable bonds is 2. The topological polar surface area (TPSA) is 29.5 Å². The van der Waals surface area contributed by atoms with E-state index in [0.717, 1.165) is 0 Å². The van der Waals surface area contributed by atoms with Gasteiger partial charge in [0.1, 0.15) is 11.4 Å². The number of alkyl halides is 2. The monoisotopic (exact) mass is 295 g/mol. The minimum Gasteiger partial charge on any atom is -0.484 e. The molecule has 2 atom stereocenters. The summed E-state index contributed by atoms with van der Waals surface area (Å²) in [6.45, 7) is 5.64. The van der Waals surface area contributed by atoms with Gasteiger partial charge in [0.15, 0.2) is 0 Å². The van der Waals surface area contributed by atoms with E-state index < -0.39 is 23.4 Å². The first-order chi connectivity index (χ1) is 9.74. The van der Waals surface area contributed by atoms with Crippen molar-refractivity contribution in [1.29, 1.82) is 0 Å². The van der Waals surface area contributed by atoms with E-state index in [1.807, 2.05) is 26.0 Å². The molecule has 1 aliphatic carbocycles. The Morgan fingerprint density at radius 2 is 2.00 bits per heavy atom. The second-order valence-electron chi connectivity index (χ2n) is 6.82. The maximum Gasteiger partial charge on any atom is 0.244 e. The molecule has 0 N–H and O–H groups in total. The molecule has 5 heteroatoms. The van der Waals surface area contributed by atoms with Crippen LogP contribution in [0.2, 0.25) is 0 Å². The number of anilines is 1. The molecule has 0 radical (unpaired) electrons. The third kappa shape index (κ3) is 2.28. The molecule has 1 aliphatic heterocycles. The first kappa shape index (κ1) is 14.3. The van der Waals surface area contributed by atoms with Gasteiger partial charge in [0.25, 0.3) is 0 Å². The van der Waals surface area contributed by atoms with Crippen molar-refractivity contribution in [3.8, 4) is 5.75 Å². The molecule has 21 heavy (non-hydrogen) atoms. The van der Waals surface area contributed by atoms with Crippen LogP contribution in [0.5, 0.6) is 5.75 Å². The molecular weight excluding hydrogens is 276 g/mol. The lowest BCUT2D eigenvalue weighted by Crippen LogP contribution is -2.50. The van der Waals surface area contributed by atoms with Gasteiger partial charge in [-0.15, -0.1) is 0 Å². The highest BCUT2D eigenvalue weighted by Crippen LogP contribution is 2.57. The van der Waals surface area contributed by atoms with Crippen molar-refractivity contribution in [3.05, 3.63) is 24.3 Å². The summed E-state index contributed by atoms with van der Waals surface area (Å²) < 4.78 is 31.9. The SMILES string of the molecule is CC1(C)CN(C(=O)C2CC2(C)C(F)F)c2ccccc2O1. The highest BCUT2D eigenvalue weighted by molar-refractivity contribution is 5.99. The number of halogens is 2. The number of carbonyl (C=O) groups is 1. The van der Waals surface area contributed by atoms with Crippen LogP contribution < -0.4 is 9.64 Å². The summed E-state index contributed by atoms with van der Waals surface area (Å²) in [5.41, 5.74) is -1.03. The van der Waals surface area contributed by atoms with E-state index in [0.29, 0.717) is 18.0 Å². The lowest BCUT2D eigenvalue weighted by molar-refractivity contribution is -0.122. The van der Waals surface area contributed by atoms with E-state index in [4.69, 9.17) is 4.74 Å². The molecule has 2 unspecified atom stereocenters. The first-order valence-corrected chi connectivity index (χ1v) is 7.12. The Bertz CT molecular complexity index is 587. The summed E-state index contributed by atoms with van der Waals surface area (Å²) in [4.78, 5) is 14.3. The molecule has 114 valence electrons. The molecular formula is C16H19F2NO2. The Hall–Kier alpha value is -1.65. The normalized spacial score (nSPS) is 29.8. The van der Waals surface area contributed by atoms with Crippen LogP contribution in [0.4, 0.5) is 14.5 Å². The number of para-hydroxylation sites is 2. The predicted octanol–water partition coefficient (Wildman–Crippen LogP) is 3.48. The van der Waals surface area contributed by atoms with Crippen LogP contribution in [-0.2, 0) is 4.79 Å². The fourth-order valence-electron chi connectivity index (χ4n) is 2.94. The fourth-order valence-corrected chi connectivity index (χ4v) is 2.94. The van der Waals surface area contributed by atoms with Gasteiger partial charge in [-0.05, 0) is 32.4 Å². The van der Waals surface area contributed by atoms with Gasteiger partial charge in [0, 0.05) is 5.41 Å². The summed E-state index contributed by atoms with van der Waals surface area (Å²) in [6, 6.07) is 7.25. The number of hydrogen-bond donors (Lipinski definition) is 0. The third-order valence-corrected chi connectivity index (χ3v) is 4.42. The van der Waals surface area contributed by atoms with Gasteiger partial charge >= 0.3 is 0 Å². The lowest BCUT2D eigenvalue weighted by atomic mass is 10.0. The van der Waals surface area contributed by atoms with Crippen molar-refractivity contribution in [2.24, 2.45) is 11.3 Å². The highest BCUT2D eigenvalue weighted by Gasteiger charge is 2.62. The zero-order chi connectivity index (χ0) is 15.4. The molecule has 1 aromatic carbocycles. The second kappa shape index (κ2) is 4.42. The number of fused-ring (bicyclic) bond motifs is 1. The quantitative estimate of drug-likeness (QED) is 0.836. The predicted molar refractivity (Wildman–Crippen MR) is 75.7 cm³/mol. The van der Waals surface area contributed by atoms with Gasteiger partial charge in [-0.2, -0.15) is 0 Å². The summed E-state index contributed by atoms with van der Waals surface area (Å²) >= 11 is 0. The molecule has 0 bridgehead atoms. The number of nitrogens with zero attached hydrogens (tertiary/aromatic N) is 1. The molecule has 0 saturated heterocycles. The van der Waals surface area contributed by atoms with E-state index >= 15 is 0 Å². The molecule has 1 aromatic rings. The number of carbonyl (C=O) groups excluding carboxylic acids is 1.